The minimum absolute atomic E-state index is 0.0978. The van der Waals surface area contributed by atoms with E-state index in [4.69, 9.17) is 22.0 Å². The van der Waals surface area contributed by atoms with E-state index in [0.29, 0.717) is 22.8 Å². The van der Waals surface area contributed by atoms with Crippen molar-refractivity contribution < 1.29 is 9.90 Å². The van der Waals surface area contributed by atoms with Crippen LogP contribution in [-0.2, 0) is 4.79 Å². The molecule has 0 saturated heterocycles. The smallest absolute Gasteiger partial charge is 0.323 e. The van der Waals surface area contributed by atoms with Gasteiger partial charge in [-0.1, -0.05) is 18.5 Å². The number of aliphatic carboxylic acids is 1. The van der Waals surface area contributed by atoms with Gasteiger partial charge in [-0.05, 0) is 24.6 Å². The summed E-state index contributed by atoms with van der Waals surface area (Å²) in [5.74, 6) is -0.904. The van der Waals surface area contributed by atoms with Crippen molar-refractivity contribution in [1.82, 2.24) is 0 Å². The van der Waals surface area contributed by atoms with Crippen LogP contribution in [0.4, 0.5) is 5.69 Å². The summed E-state index contributed by atoms with van der Waals surface area (Å²) in [6, 6.07) is 6.84. The number of carboxylic acids is 1. The van der Waals surface area contributed by atoms with Gasteiger partial charge in [0.25, 0.3) is 0 Å². The minimum Gasteiger partial charge on any atom is -0.480 e. The predicted octanol–water partition coefficient (Wildman–Crippen LogP) is 2.51. The second-order valence-electron chi connectivity index (χ2n) is 3.59. The van der Waals surface area contributed by atoms with Gasteiger partial charge in [0.05, 0.1) is 22.3 Å². The van der Waals surface area contributed by atoms with Gasteiger partial charge in [-0.25, -0.2) is 0 Å². The molecule has 0 aliphatic heterocycles. The molecule has 1 aromatic carbocycles. The number of anilines is 1. The highest BCUT2D eigenvalue weighted by molar-refractivity contribution is 6.33. The quantitative estimate of drug-likeness (QED) is 0.875. The maximum Gasteiger partial charge on any atom is 0.323 e. The van der Waals surface area contributed by atoms with Crippen molar-refractivity contribution in [1.29, 1.82) is 5.26 Å². The fourth-order valence-corrected chi connectivity index (χ4v) is 1.85. The summed E-state index contributed by atoms with van der Waals surface area (Å²) in [5, 5.41) is 18.0. The normalized spacial score (nSPS) is 9.71. The van der Waals surface area contributed by atoms with Crippen LogP contribution in [0.5, 0.6) is 0 Å². The summed E-state index contributed by atoms with van der Waals surface area (Å²) in [6.45, 7) is 2.48. The number of halogens is 1. The lowest BCUT2D eigenvalue weighted by molar-refractivity contribution is -0.135. The first-order valence-corrected chi connectivity index (χ1v) is 5.62. The molecular formula is C12H13ClN2O2. The average molecular weight is 253 g/mol. The molecule has 0 heterocycles. The summed E-state index contributed by atoms with van der Waals surface area (Å²) in [5.41, 5.74) is 1.11. The predicted molar refractivity (Wildman–Crippen MR) is 66.3 cm³/mol. The summed E-state index contributed by atoms with van der Waals surface area (Å²) < 4.78 is 0. The average Bonchev–Trinajstić information content (AvgIpc) is 2.27. The number of hydrogen-bond donors (Lipinski definition) is 1. The number of nitrogens with zero attached hydrogens (tertiary/aromatic N) is 2. The van der Waals surface area contributed by atoms with Crippen LogP contribution in [0, 0.1) is 11.3 Å². The van der Waals surface area contributed by atoms with Crippen LogP contribution in [0.25, 0.3) is 0 Å². The Balaban J connectivity index is 3.01. The SMILES string of the molecule is CCCN(CC(=O)O)c1ccc(C#N)cc1Cl. The third-order valence-electron chi connectivity index (χ3n) is 2.24. The first kappa shape index (κ1) is 13.3. The molecule has 1 aromatic rings. The zero-order valence-electron chi connectivity index (χ0n) is 9.48. The van der Waals surface area contributed by atoms with Gasteiger partial charge in [0.2, 0.25) is 0 Å². The van der Waals surface area contributed by atoms with Crippen LogP contribution in [0.1, 0.15) is 18.9 Å². The molecule has 4 nitrogen and oxygen atoms in total. The first-order valence-electron chi connectivity index (χ1n) is 5.25. The fourth-order valence-electron chi connectivity index (χ4n) is 1.55. The third-order valence-corrected chi connectivity index (χ3v) is 2.54. The largest absolute Gasteiger partial charge is 0.480 e. The molecule has 1 rings (SSSR count). The summed E-state index contributed by atoms with van der Waals surface area (Å²) in [4.78, 5) is 12.4. The molecule has 5 heteroatoms. The van der Waals surface area contributed by atoms with Gasteiger partial charge in [0.1, 0.15) is 6.54 Å². The van der Waals surface area contributed by atoms with Crippen LogP contribution in [0.3, 0.4) is 0 Å². The van der Waals surface area contributed by atoms with Crippen molar-refractivity contribution in [2.24, 2.45) is 0 Å². The molecule has 1 N–H and O–H groups in total. The van der Waals surface area contributed by atoms with Crippen molar-refractivity contribution >= 4 is 23.3 Å². The maximum absolute atomic E-state index is 10.8. The lowest BCUT2D eigenvalue weighted by Gasteiger charge is -2.23. The van der Waals surface area contributed by atoms with Crippen LogP contribution < -0.4 is 4.90 Å². The Hall–Kier alpha value is -1.73. The van der Waals surface area contributed by atoms with E-state index < -0.39 is 5.97 Å². The molecule has 17 heavy (non-hydrogen) atoms. The Labute approximate surface area is 105 Å². The number of benzene rings is 1. The van der Waals surface area contributed by atoms with E-state index in [2.05, 4.69) is 0 Å². The van der Waals surface area contributed by atoms with Crippen LogP contribution >= 0.6 is 11.6 Å². The molecule has 0 spiro atoms. The van der Waals surface area contributed by atoms with E-state index in [1.165, 1.54) is 0 Å². The molecule has 0 aliphatic carbocycles. The van der Waals surface area contributed by atoms with Crippen molar-refractivity contribution in [3.05, 3.63) is 28.8 Å². The number of carboxylic acid groups (broad SMARTS) is 1. The Morgan fingerprint density at radius 3 is 2.76 bits per heavy atom. The van der Waals surface area contributed by atoms with E-state index in [1.807, 2.05) is 13.0 Å². The van der Waals surface area contributed by atoms with E-state index in [0.717, 1.165) is 6.42 Å². The van der Waals surface area contributed by atoms with Crippen molar-refractivity contribution in [3.8, 4) is 6.07 Å². The molecule has 0 radical (unpaired) electrons. The van der Waals surface area contributed by atoms with Crippen molar-refractivity contribution in [2.75, 3.05) is 18.0 Å². The van der Waals surface area contributed by atoms with Gasteiger partial charge in [-0.3, -0.25) is 4.79 Å². The third kappa shape index (κ3) is 3.65. The zero-order valence-corrected chi connectivity index (χ0v) is 10.2. The van der Waals surface area contributed by atoms with Crippen LogP contribution in [0.15, 0.2) is 18.2 Å². The van der Waals surface area contributed by atoms with E-state index in [1.54, 1.807) is 23.1 Å². The molecular weight excluding hydrogens is 240 g/mol. The van der Waals surface area contributed by atoms with Crippen LogP contribution in [0.2, 0.25) is 5.02 Å². The topological polar surface area (TPSA) is 64.3 Å². The Morgan fingerprint density at radius 2 is 2.29 bits per heavy atom. The monoisotopic (exact) mass is 252 g/mol. The van der Waals surface area contributed by atoms with E-state index in [-0.39, 0.29) is 6.54 Å². The molecule has 90 valence electrons. The second kappa shape index (κ2) is 6.12. The zero-order chi connectivity index (χ0) is 12.8. The van der Waals surface area contributed by atoms with Crippen LogP contribution in [-0.4, -0.2) is 24.2 Å². The number of nitriles is 1. The molecule has 0 aromatic heterocycles. The summed E-state index contributed by atoms with van der Waals surface area (Å²) >= 11 is 6.04. The second-order valence-corrected chi connectivity index (χ2v) is 4.00. The number of carbonyl (C=O) groups is 1. The van der Waals surface area contributed by atoms with Gasteiger partial charge in [-0.15, -0.1) is 0 Å². The molecule has 0 fully saturated rings. The lowest BCUT2D eigenvalue weighted by atomic mass is 10.2. The molecule has 0 amide bonds. The molecule has 0 atom stereocenters. The summed E-state index contributed by atoms with van der Waals surface area (Å²) in [7, 11) is 0. The highest BCUT2D eigenvalue weighted by Crippen LogP contribution is 2.26. The standard InChI is InChI=1S/C12H13ClN2O2/c1-2-5-15(8-12(16)17)11-4-3-9(7-14)6-10(11)13/h3-4,6H,2,5,8H2,1H3,(H,16,17). The van der Waals surface area contributed by atoms with Crippen molar-refractivity contribution in [3.63, 3.8) is 0 Å². The van der Waals surface area contributed by atoms with Gasteiger partial charge < -0.3 is 10.0 Å². The minimum atomic E-state index is -0.904. The molecule has 0 unspecified atom stereocenters. The Bertz CT molecular complexity index is 454. The molecule has 0 bridgehead atoms. The highest BCUT2D eigenvalue weighted by Gasteiger charge is 2.13. The number of hydrogen-bond acceptors (Lipinski definition) is 3. The first-order chi connectivity index (χ1) is 8.08. The summed E-state index contributed by atoms with van der Waals surface area (Å²) in [6.07, 6.45) is 0.823. The van der Waals surface area contributed by atoms with Crippen molar-refractivity contribution in [2.45, 2.75) is 13.3 Å². The lowest BCUT2D eigenvalue weighted by Crippen LogP contribution is -2.30. The molecule has 0 saturated carbocycles. The highest BCUT2D eigenvalue weighted by atomic mass is 35.5. The van der Waals surface area contributed by atoms with Gasteiger partial charge in [0, 0.05) is 6.54 Å². The Kier molecular flexibility index (Phi) is 4.80. The van der Waals surface area contributed by atoms with Gasteiger partial charge in [-0.2, -0.15) is 5.26 Å². The Morgan fingerprint density at radius 1 is 1.59 bits per heavy atom. The van der Waals surface area contributed by atoms with Gasteiger partial charge >= 0.3 is 5.97 Å². The van der Waals surface area contributed by atoms with E-state index >= 15 is 0 Å². The van der Waals surface area contributed by atoms with Gasteiger partial charge in [0.15, 0.2) is 0 Å². The fraction of sp³-hybridized carbons (Fsp3) is 0.333. The number of rotatable bonds is 5. The maximum atomic E-state index is 10.8. The van der Waals surface area contributed by atoms with E-state index in [9.17, 15) is 4.79 Å². The molecule has 0 aliphatic rings.